The molecule has 0 fully saturated rings. The minimum absolute atomic E-state index is 0.308. The number of thioether (sulfide) groups is 1. The molecule has 0 aliphatic carbocycles. The third kappa shape index (κ3) is 4.22. The fourth-order valence-corrected chi connectivity index (χ4v) is 2.09. The van der Waals surface area contributed by atoms with Crippen LogP contribution in [0.5, 0.6) is 0 Å². The molecule has 0 aromatic rings. The van der Waals surface area contributed by atoms with Crippen LogP contribution in [0.1, 0.15) is 13.3 Å². The molecule has 0 spiro atoms. The van der Waals surface area contributed by atoms with Crippen LogP contribution in [0.4, 0.5) is 4.79 Å². The second-order valence-corrected chi connectivity index (χ2v) is 3.80. The number of amides is 1. The van der Waals surface area contributed by atoms with E-state index in [4.69, 9.17) is 4.74 Å². The van der Waals surface area contributed by atoms with Crippen molar-refractivity contribution >= 4 is 17.9 Å². The largest absolute Gasteiger partial charge is 0.450 e. The van der Waals surface area contributed by atoms with Gasteiger partial charge in [0, 0.05) is 12.3 Å². The van der Waals surface area contributed by atoms with E-state index >= 15 is 0 Å². The molecule has 0 saturated carbocycles. The Morgan fingerprint density at radius 1 is 1.77 bits per heavy atom. The molecular formula is C9H15NO2S. The van der Waals surface area contributed by atoms with Gasteiger partial charge in [-0.3, -0.25) is 0 Å². The molecule has 74 valence electrons. The van der Waals surface area contributed by atoms with Crippen molar-refractivity contribution in [2.45, 2.75) is 13.3 Å². The molecule has 1 aliphatic heterocycles. The average Bonchev–Trinajstić information content (AvgIpc) is 2.57. The number of hydrogen-bond acceptors (Lipinski definition) is 3. The van der Waals surface area contributed by atoms with Gasteiger partial charge in [-0.1, -0.05) is 6.08 Å². The highest BCUT2D eigenvalue weighted by Gasteiger charge is 2.09. The van der Waals surface area contributed by atoms with Crippen LogP contribution in [0.2, 0.25) is 0 Å². The quantitative estimate of drug-likeness (QED) is 0.756. The first-order valence-electron chi connectivity index (χ1n) is 4.52. The Balaban J connectivity index is 2.00. The first kappa shape index (κ1) is 10.4. The molecule has 0 aromatic heterocycles. The lowest BCUT2D eigenvalue weighted by Gasteiger charge is -2.07. The molecule has 0 bridgehead atoms. The summed E-state index contributed by atoms with van der Waals surface area (Å²) in [4.78, 5) is 10.9. The summed E-state index contributed by atoms with van der Waals surface area (Å²) < 4.78 is 4.73. The Morgan fingerprint density at radius 3 is 3.23 bits per heavy atom. The number of alkyl carbamates (subject to hydrolysis) is 1. The van der Waals surface area contributed by atoms with Crippen molar-refractivity contribution in [2.75, 3.05) is 18.9 Å². The Morgan fingerprint density at radius 2 is 2.62 bits per heavy atom. The summed E-state index contributed by atoms with van der Waals surface area (Å²) in [5.74, 6) is 1.76. The second-order valence-electron chi connectivity index (χ2n) is 2.86. The van der Waals surface area contributed by atoms with Crippen molar-refractivity contribution in [3.8, 4) is 0 Å². The first-order chi connectivity index (χ1) is 6.33. The summed E-state index contributed by atoms with van der Waals surface area (Å²) in [7, 11) is 0. The van der Waals surface area contributed by atoms with Gasteiger partial charge in [-0.25, -0.2) is 4.79 Å². The van der Waals surface area contributed by atoms with Crippen LogP contribution < -0.4 is 5.32 Å². The number of allylic oxidation sites excluding steroid dienone is 1. The maximum Gasteiger partial charge on any atom is 0.407 e. The molecule has 1 rings (SSSR count). The van der Waals surface area contributed by atoms with Crippen LogP contribution in [0.15, 0.2) is 11.5 Å². The third-order valence-electron chi connectivity index (χ3n) is 1.82. The lowest BCUT2D eigenvalue weighted by Crippen LogP contribution is -2.26. The van der Waals surface area contributed by atoms with Gasteiger partial charge < -0.3 is 10.1 Å². The fraction of sp³-hybridized carbons (Fsp3) is 0.667. The summed E-state index contributed by atoms with van der Waals surface area (Å²) in [6, 6.07) is 0. The van der Waals surface area contributed by atoms with Crippen LogP contribution in [0.3, 0.4) is 0 Å². The summed E-state index contributed by atoms with van der Waals surface area (Å²) in [5, 5.41) is 4.83. The van der Waals surface area contributed by atoms with E-state index in [2.05, 4.69) is 16.8 Å². The molecule has 1 heterocycles. The van der Waals surface area contributed by atoms with Crippen molar-refractivity contribution in [3.63, 3.8) is 0 Å². The van der Waals surface area contributed by atoms with Crippen molar-refractivity contribution < 1.29 is 9.53 Å². The zero-order chi connectivity index (χ0) is 9.52. The van der Waals surface area contributed by atoms with Gasteiger partial charge in [-0.05, 0) is 24.7 Å². The van der Waals surface area contributed by atoms with Gasteiger partial charge >= 0.3 is 6.09 Å². The van der Waals surface area contributed by atoms with E-state index in [1.165, 1.54) is 0 Å². The first-order valence-corrected chi connectivity index (χ1v) is 5.56. The molecular weight excluding hydrogens is 186 g/mol. The van der Waals surface area contributed by atoms with E-state index < -0.39 is 0 Å². The van der Waals surface area contributed by atoms with Crippen molar-refractivity contribution in [1.29, 1.82) is 0 Å². The lowest BCUT2D eigenvalue weighted by molar-refractivity contribution is 0.152. The normalized spacial score (nSPS) is 20.2. The summed E-state index contributed by atoms with van der Waals surface area (Å²) in [5.41, 5.74) is 0. The molecule has 0 saturated heterocycles. The zero-order valence-corrected chi connectivity index (χ0v) is 8.60. The highest BCUT2D eigenvalue weighted by Crippen LogP contribution is 2.22. The number of ether oxygens (including phenoxy) is 1. The number of rotatable bonds is 4. The van der Waals surface area contributed by atoms with E-state index in [9.17, 15) is 4.79 Å². The lowest BCUT2D eigenvalue weighted by atomic mass is 10.1. The summed E-state index contributed by atoms with van der Waals surface area (Å²) >= 11 is 1.83. The van der Waals surface area contributed by atoms with Gasteiger partial charge in [-0.2, -0.15) is 0 Å². The molecule has 3 nitrogen and oxygen atoms in total. The average molecular weight is 201 g/mol. The molecule has 1 aliphatic rings. The smallest absolute Gasteiger partial charge is 0.407 e. The van der Waals surface area contributed by atoms with Crippen molar-refractivity contribution in [1.82, 2.24) is 5.32 Å². The van der Waals surface area contributed by atoms with Gasteiger partial charge in [0.1, 0.15) is 0 Å². The van der Waals surface area contributed by atoms with Gasteiger partial charge in [0.25, 0.3) is 0 Å². The maximum absolute atomic E-state index is 10.9. The summed E-state index contributed by atoms with van der Waals surface area (Å²) in [6.07, 6.45) is 2.89. The Kier molecular flexibility index (Phi) is 4.75. The number of hydrogen-bond donors (Lipinski definition) is 1. The van der Waals surface area contributed by atoms with E-state index in [1.807, 2.05) is 11.8 Å². The van der Waals surface area contributed by atoms with Gasteiger partial charge in [0.15, 0.2) is 0 Å². The molecule has 0 radical (unpaired) electrons. The molecule has 1 unspecified atom stereocenters. The summed E-state index contributed by atoms with van der Waals surface area (Å²) in [6.45, 7) is 2.94. The number of carbonyl (C=O) groups is 1. The number of nitrogens with one attached hydrogen (secondary N) is 1. The Bertz CT molecular complexity index is 194. The maximum atomic E-state index is 10.9. The predicted molar refractivity (Wildman–Crippen MR) is 54.7 cm³/mol. The van der Waals surface area contributed by atoms with Gasteiger partial charge in [-0.15, -0.1) is 11.8 Å². The van der Waals surface area contributed by atoms with Crippen LogP contribution >= 0.6 is 11.8 Å². The van der Waals surface area contributed by atoms with E-state index in [-0.39, 0.29) is 6.09 Å². The minimum Gasteiger partial charge on any atom is -0.450 e. The molecule has 1 N–H and O–H groups in total. The molecule has 13 heavy (non-hydrogen) atoms. The van der Waals surface area contributed by atoms with Crippen LogP contribution in [-0.2, 0) is 4.74 Å². The van der Waals surface area contributed by atoms with Gasteiger partial charge in [0.05, 0.1) is 6.61 Å². The predicted octanol–water partition coefficient (Wildman–Crippen LogP) is 2.00. The van der Waals surface area contributed by atoms with Crippen molar-refractivity contribution in [2.24, 2.45) is 5.92 Å². The fourth-order valence-electron chi connectivity index (χ4n) is 1.12. The molecule has 1 amide bonds. The van der Waals surface area contributed by atoms with Crippen LogP contribution in [0.25, 0.3) is 0 Å². The minimum atomic E-state index is -0.308. The monoisotopic (exact) mass is 201 g/mol. The number of carbonyl (C=O) groups excluding carboxylic acids is 1. The Hall–Kier alpha value is -0.640. The molecule has 4 heteroatoms. The topological polar surface area (TPSA) is 38.3 Å². The second kappa shape index (κ2) is 5.91. The zero-order valence-electron chi connectivity index (χ0n) is 7.79. The Labute approximate surface area is 82.9 Å². The highest BCUT2D eigenvalue weighted by atomic mass is 32.2. The van der Waals surface area contributed by atoms with Crippen LogP contribution in [-0.4, -0.2) is 25.0 Å². The van der Waals surface area contributed by atoms with Crippen LogP contribution in [0, 0.1) is 5.92 Å². The SMILES string of the molecule is CCOC(=O)NCCC1C=CSC1. The molecule has 1 atom stereocenters. The van der Waals surface area contributed by atoms with Crippen molar-refractivity contribution in [3.05, 3.63) is 11.5 Å². The van der Waals surface area contributed by atoms with E-state index in [0.717, 1.165) is 12.2 Å². The van der Waals surface area contributed by atoms with E-state index in [1.54, 1.807) is 6.92 Å². The third-order valence-corrected chi connectivity index (χ3v) is 2.79. The van der Waals surface area contributed by atoms with Gasteiger partial charge in [0.2, 0.25) is 0 Å². The standard InChI is InChI=1S/C9H15NO2S/c1-2-12-9(11)10-5-3-8-4-6-13-7-8/h4,6,8H,2-3,5,7H2,1H3,(H,10,11). The molecule has 0 aromatic carbocycles. The van der Waals surface area contributed by atoms with E-state index in [0.29, 0.717) is 19.1 Å². The highest BCUT2D eigenvalue weighted by molar-refractivity contribution is 8.02.